The van der Waals surface area contributed by atoms with E-state index in [0.717, 1.165) is 25.1 Å². The Morgan fingerprint density at radius 2 is 2.00 bits per heavy atom. The van der Waals surface area contributed by atoms with E-state index in [2.05, 4.69) is 22.9 Å². The number of esters is 1. The van der Waals surface area contributed by atoms with Crippen LogP contribution in [0, 0.1) is 0 Å². The summed E-state index contributed by atoms with van der Waals surface area (Å²) in [5.74, 6) is -0.211. The minimum Gasteiger partial charge on any atom is -0.465 e. The molecule has 0 aliphatic carbocycles. The van der Waals surface area contributed by atoms with Gasteiger partial charge in [-0.3, -0.25) is 4.90 Å². The molecule has 0 amide bonds. The van der Waals surface area contributed by atoms with Crippen LogP contribution < -0.4 is 0 Å². The fourth-order valence-corrected chi connectivity index (χ4v) is 3.57. The number of benzene rings is 1. The van der Waals surface area contributed by atoms with Crippen molar-refractivity contribution in [2.45, 2.75) is 31.8 Å². The van der Waals surface area contributed by atoms with E-state index < -0.39 is 0 Å². The van der Waals surface area contributed by atoms with Crippen molar-refractivity contribution >= 4 is 5.97 Å². The third-order valence-electron chi connectivity index (χ3n) is 4.91. The first-order valence-corrected chi connectivity index (χ1v) is 7.80. The summed E-state index contributed by atoms with van der Waals surface area (Å²) in [6.07, 6.45) is 3.49. The van der Waals surface area contributed by atoms with Crippen LogP contribution in [0.1, 0.15) is 34.3 Å². The molecule has 2 aliphatic heterocycles. The van der Waals surface area contributed by atoms with Crippen LogP contribution in [0.15, 0.2) is 18.2 Å². The molecule has 0 N–H and O–H groups in total. The fraction of sp³-hybridized carbons (Fsp3) is 0.588. The molecule has 0 spiro atoms. The van der Waals surface area contributed by atoms with Gasteiger partial charge in [-0.2, -0.15) is 0 Å². The van der Waals surface area contributed by atoms with E-state index in [-0.39, 0.29) is 5.97 Å². The lowest BCUT2D eigenvalue weighted by Gasteiger charge is -2.40. The predicted octanol–water partition coefficient (Wildman–Crippen LogP) is 1.93. The molecule has 4 heteroatoms. The third-order valence-corrected chi connectivity index (χ3v) is 4.91. The molecule has 1 aromatic carbocycles. The van der Waals surface area contributed by atoms with E-state index in [1.807, 2.05) is 12.1 Å². The zero-order valence-electron chi connectivity index (χ0n) is 13.0. The van der Waals surface area contributed by atoms with Gasteiger partial charge >= 0.3 is 5.97 Å². The number of piperidine rings is 1. The Kier molecular flexibility index (Phi) is 4.27. The summed E-state index contributed by atoms with van der Waals surface area (Å²) < 4.78 is 4.93. The monoisotopic (exact) mass is 288 g/mol. The molecule has 2 heterocycles. The highest BCUT2D eigenvalue weighted by molar-refractivity contribution is 5.91. The molecule has 0 radical (unpaired) electrons. The lowest BCUT2D eigenvalue weighted by atomic mass is 9.92. The summed E-state index contributed by atoms with van der Waals surface area (Å²) in [4.78, 5) is 16.9. The lowest BCUT2D eigenvalue weighted by molar-refractivity contribution is 0.0593. The highest BCUT2D eigenvalue weighted by Crippen LogP contribution is 2.27. The first kappa shape index (κ1) is 14.5. The molecule has 2 aliphatic rings. The molecule has 0 bridgehead atoms. The number of hydrogen-bond donors (Lipinski definition) is 0. The second kappa shape index (κ2) is 6.16. The number of ether oxygens (including phenoxy) is 1. The zero-order chi connectivity index (χ0) is 14.8. The second-order valence-electron chi connectivity index (χ2n) is 6.19. The predicted molar refractivity (Wildman–Crippen MR) is 82.4 cm³/mol. The fourth-order valence-electron chi connectivity index (χ4n) is 3.57. The number of nitrogens with zero attached hydrogens (tertiary/aromatic N) is 2. The van der Waals surface area contributed by atoms with E-state index in [0.29, 0.717) is 6.04 Å². The van der Waals surface area contributed by atoms with Crippen molar-refractivity contribution in [2.75, 3.05) is 33.8 Å². The Hall–Kier alpha value is -1.39. The Morgan fingerprint density at radius 3 is 2.71 bits per heavy atom. The highest BCUT2D eigenvalue weighted by Gasteiger charge is 2.28. The Labute approximate surface area is 126 Å². The van der Waals surface area contributed by atoms with Crippen molar-refractivity contribution in [3.8, 4) is 0 Å². The van der Waals surface area contributed by atoms with Gasteiger partial charge in [-0.15, -0.1) is 0 Å². The number of methoxy groups -OCH3 is 1. The zero-order valence-corrected chi connectivity index (χ0v) is 13.0. The average Bonchev–Trinajstić information content (AvgIpc) is 2.54. The molecular weight excluding hydrogens is 264 g/mol. The Morgan fingerprint density at radius 1 is 1.24 bits per heavy atom. The average molecular weight is 288 g/mol. The van der Waals surface area contributed by atoms with Gasteiger partial charge in [0.1, 0.15) is 0 Å². The summed E-state index contributed by atoms with van der Waals surface area (Å²) in [7, 11) is 3.65. The van der Waals surface area contributed by atoms with Crippen LogP contribution >= 0.6 is 0 Å². The normalized spacial score (nSPS) is 21.0. The van der Waals surface area contributed by atoms with Crippen molar-refractivity contribution < 1.29 is 9.53 Å². The molecule has 3 rings (SSSR count). The summed E-state index contributed by atoms with van der Waals surface area (Å²) in [5, 5.41) is 0. The number of carbonyl (C=O) groups excluding carboxylic acids is 1. The van der Waals surface area contributed by atoms with E-state index in [4.69, 9.17) is 4.74 Å². The smallest absolute Gasteiger partial charge is 0.338 e. The summed E-state index contributed by atoms with van der Waals surface area (Å²) >= 11 is 0. The van der Waals surface area contributed by atoms with Gasteiger partial charge in [0.2, 0.25) is 0 Å². The molecular formula is C17H24N2O2. The summed E-state index contributed by atoms with van der Waals surface area (Å²) in [6.45, 7) is 4.33. The van der Waals surface area contributed by atoms with Gasteiger partial charge in [-0.1, -0.05) is 12.1 Å². The number of hydrogen-bond acceptors (Lipinski definition) is 4. The molecule has 21 heavy (non-hydrogen) atoms. The van der Waals surface area contributed by atoms with Crippen LogP contribution in [0.4, 0.5) is 0 Å². The molecule has 0 aromatic heterocycles. The van der Waals surface area contributed by atoms with Gasteiger partial charge in [0.15, 0.2) is 0 Å². The van der Waals surface area contributed by atoms with Crippen molar-refractivity contribution in [3.05, 3.63) is 34.9 Å². The molecule has 114 valence electrons. The lowest BCUT2D eigenvalue weighted by Crippen LogP contribution is -2.45. The number of fused-ring (bicyclic) bond motifs is 1. The van der Waals surface area contributed by atoms with Crippen molar-refractivity contribution in [1.29, 1.82) is 0 Å². The van der Waals surface area contributed by atoms with Gasteiger partial charge in [-0.25, -0.2) is 4.79 Å². The summed E-state index contributed by atoms with van der Waals surface area (Å²) in [5.41, 5.74) is 3.23. The third kappa shape index (κ3) is 2.97. The molecule has 0 unspecified atom stereocenters. The minimum absolute atomic E-state index is 0.211. The maximum atomic E-state index is 12.0. The largest absolute Gasteiger partial charge is 0.465 e. The quantitative estimate of drug-likeness (QED) is 0.779. The van der Waals surface area contributed by atoms with Gasteiger partial charge < -0.3 is 9.64 Å². The Balaban J connectivity index is 1.79. The molecule has 1 fully saturated rings. The van der Waals surface area contributed by atoms with Crippen LogP contribution in [0.3, 0.4) is 0 Å². The first-order valence-electron chi connectivity index (χ1n) is 7.80. The van der Waals surface area contributed by atoms with E-state index in [9.17, 15) is 4.79 Å². The van der Waals surface area contributed by atoms with Gasteiger partial charge in [0.05, 0.1) is 12.7 Å². The van der Waals surface area contributed by atoms with Crippen LogP contribution in [0.5, 0.6) is 0 Å². The topological polar surface area (TPSA) is 32.8 Å². The van der Waals surface area contributed by atoms with Crippen LogP contribution in [-0.2, 0) is 17.7 Å². The first-order chi connectivity index (χ1) is 10.2. The molecule has 1 saturated heterocycles. The molecule has 4 nitrogen and oxygen atoms in total. The number of likely N-dealkylation sites (tertiary alicyclic amines) is 1. The maximum absolute atomic E-state index is 12.0. The van der Waals surface area contributed by atoms with E-state index >= 15 is 0 Å². The SMILES string of the molecule is COC(=O)c1cccc2c1CN(C1CCN(C)CC1)CC2. The highest BCUT2D eigenvalue weighted by atomic mass is 16.5. The summed E-state index contributed by atoms with van der Waals surface area (Å²) in [6, 6.07) is 6.66. The van der Waals surface area contributed by atoms with Gasteiger partial charge in [-0.05, 0) is 56.6 Å². The molecule has 0 atom stereocenters. The Bertz CT molecular complexity index is 522. The standard InChI is InChI=1S/C17H24N2O2/c1-18-9-7-14(8-10-18)19-11-6-13-4-3-5-15(16(13)12-19)17(20)21-2/h3-5,14H,6-12H2,1-2H3. The van der Waals surface area contributed by atoms with Gasteiger partial charge in [0, 0.05) is 19.1 Å². The van der Waals surface area contributed by atoms with E-state index in [1.54, 1.807) is 0 Å². The van der Waals surface area contributed by atoms with Crippen LogP contribution in [-0.4, -0.2) is 55.6 Å². The number of carbonyl (C=O) groups is 1. The van der Waals surface area contributed by atoms with Crippen molar-refractivity contribution in [3.63, 3.8) is 0 Å². The van der Waals surface area contributed by atoms with E-state index in [1.165, 1.54) is 44.2 Å². The molecule has 0 saturated carbocycles. The number of rotatable bonds is 2. The van der Waals surface area contributed by atoms with Crippen LogP contribution in [0.2, 0.25) is 0 Å². The second-order valence-corrected chi connectivity index (χ2v) is 6.19. The van der Waals surface area contributed by atoms with Gasteiger partial charge in [0.25, 0.3) is 0 Å². The maximum Gasteiger partial charge on any atom is 0.338 e. The van der Waals surface area contributed by atoms with Crippen molar-refractivity contribution in [1.82, 2.24) is 9.80 Å². The van der Waals surface area contributed by atoms with Crippen molar-refractivity contribution in [2.24, 2.45) is 0 Å². The minimum atomic E-state index is -0.211. The molecule has 1 aromatic rings. The van der Waals surface area contributed by atoms with Crippen LogP contribution in [0.25, 0.3) is 0 Å².